The fraction of sp³-hybridized carbons (Fsp3) is 0.636. The van der Waals surface area contributed by atoms with Crippen molar-refractivity contribution in [2.45, 2.75) is 19.3 Å². The largest absolute Gasteiger partial charge is 0.490 e. The van der Waals surface area contributed by atoms with E-state index < -0.39 is 0 Å². The van der Waals surface area contributed by atoms with Crippen molar-refractivity contribution in [3.63, 3.8) is 0 Å². The van der Waals surface area contributed by atoms with E-state index in [0.717, 1.165) is 25.8 Å². The highest BCUT2D eigenvalue weighted by molar-refractivity contribution is 5.63. The van der Waals surface area contributed by atoms with Crippen LogP contribution in [0.5, 0.6) is 5.75 Å². The number of nitrogens with two attached hydrogens (primary N) is 1. The maximum Gasteiger partial charge on any atom is 0.205 e. The van der Waals surface area contributed by atoms with Crippen LogP contribution in [0, 0.1) is 5.41 Å². The van der Waals surface area contributed by atoms with E-state index in [2.05, 4.69) is 20.7 Å². The van der Waals surface area contributed by atoms with Crippen LogP contribution in [0.15, 0.2) is 6.33 Å². The number of aromatic nitrogens is 2. The molecular weight excluding hydrogens is 234 g/mol. The van der Waals surface area contributed by atoms with E-state index in [0.29, 0.717) is 17.4 Å². The molecule has 1 aliphatic carbocycles. The first kappa shape index (κ1) is 12.8. The van der Waals surface area contributed by atoms with Gasteiger partial charge in [-0.05, 0) is 24.7 Å². The molecule has 0 aromatic carbocycles. The van der Waals surface area contributed by atoms with Gasteiger partial charge in [0.1, 0.15) is 6.33 Å². The molecule has 1 fully saturated rings. The topological polar surface area (TPSA) is 105 Å². The molecule has 0 spiro atoms. The van der Waals surface area contributed by atoms with Crippen LogP contribution < -0.4 is 21.3 Å². The lowest BCUT2D eigenvalue weighted by Crippen LogP contribution is -2.19. The first-order valence-corrected chi connectivity index (χ1v) is 5.95. The summed E-state index contributed by atoms with van der Waals surface area (Å²) in [5.41, 5.74) is 2.68. The van der Waals surface area contributed by atoms with E-state index in [9.17, 15) is 0 Å². The third kappa shape index (κ3) is 2.62. The molecule has 0 atom stereocenters. The van der Waals surface area contributed by atoms with E-state index in [-0.39, 0.29) is 12.0 Å². The maximum atomic E-state index is 9.02. The molecule has 1 aromatic rings. The van der Waals surface area contributed by atoms with Crippen LogP contribution in [0.1, 0.15) is 19.3 Å². The normalized spacial score (nSPS) is 16.2. The van der Waals surface area contributed by atoms with Crippen molar-refractivity contribution in [1.82, 2.24) is 9.97 Å². The summed E-state index contributed by atoms with van der Waals surface area (Å²) in [7, 11) is 1.55. The molecule has 5 N–H and O–H groups in total. The highest BCUT2D eigenvalue weighted by Crippen LogP contribution is 2.48. The second kappa shape index (κ2) is 5.36. The number of hydrazine groups is 1. The number of rotatable bonds is 7. The van der Waals surface area contributed by atoms with Gasteiger partial charge in [-0.1, -0.05) is 0 Å². The number of nitrogen functional groups attached to an aromatic ring is 1. The number of ether oxygens (including phenoxy) is 1. The average Bonchev–Trinajstić information content (AvgIpc) is 3.16. The Hall–Kier alpha value is -1.60. The second-order valence-electron chi connectivity index (χ2n) is 4.58. The summed E-state index contributed by atoms with van der Waals surface area (Å²) in [6.45, 7) is 0.989. The van der Waals surface area contributed by atoms with Crippen molar-refractivity contribution in [3.05, 3.63) is 6.33 Å². The number of hydrogen-bond acceptors (Lipinski definition) is 7. The molecule has 1 aromatic heterocycles. The molecular formula is C11H19N5O2. The minimum atomic E-state index is 0.209. The van der Waals surface area contributed by atoms with E-state index in [1.807, 2.05) is 0 Å². The highest BCUT2D eigenvalue weighted by atomic mass is 16.5. The van der Waals surface area contributed by atoms with Gasteiger partial charge in [0.2, 0.25) is 5.75 Å². The van der Waals surface area contributed by atoms with Crippen LogP contribution in [0.3, 0.4) is 0 Å². The Bertz CT molecular complexity index is 408. The molecule has 0 unspecified atom stereocenters. The highest BCUT2D eigenvalue weighted by Gasteiger charge is 2.41. The standard InChI is InChI=1S/C11H19N5O2/c1-18-8-9(14-7-15-10(8)16-12)13-6-11(2-3-11)4-5-17/h7,17H,2-6,12H2,1H3,(H2,13,14,15,16). The molecule has 2 rings (SSSR count). The van der Waals surface area contributed by atoms with E-state index in [1.54, 1.807) is 7.11 Å². The minimum Gasteiger partial charge on any atom is -0.490 e. The predicted octanol–water partition coefficient (Wildman–Crippen LogP) is 0.345. The zero-order valence-corrected chi connectivity index (χ0v) is 10.4. The third-order valence-corrected chi connectivity index (χ3v) is 3.37. The average molecular weight is 253 g/mol. The van der Waals surface area contributed by atoms with Gasteiger partial charge in [0.05, 0.1) is 7.11 Å². The van der Waals surface area contributed by atoms with Gasteiger partial charge in [0.25, 0.3) is 0 Å². The van der Waals surface area contributed by atoms with Crippen LogP contribution >= 0.6 is 0 Å². The molecule has 0 bridgehead atoms. The number of aliphatic hydroxyl groups excluding tert-OH is 1. The van der Waals surface area contributed by atoms with Gasteiger partial charge in [-0.25, -0.2) is 15.8 Å². The number of aliphatic hydroxyl groups is 1. The number of methoxy groups -OCH3 is 1. The molecule has 0 amide bonds. The molecule has 7 heteroatoms. The maximum absolute atomic E-state index is 9.02. The van der Waals surface area contributed by atoms with Crippen molar-refractivity contribution in [1.29, 1.82) is 0 Å². The van der Waals surface area contributed by atoms with Crippen LogP contribution in [-0.2, 0) is 0 Å². The predicted molar refractivity (Wildman–Crippen MR) is 68.3 cm³/mol. The second-order valence-corrected chi connectivity index (χ2v) is 4.58. The quantitative estimate of drug-likeness (QED) is 0.410. The molecule has 100 valence electrons. The summed E-state index contributed by atoms with van der Waals surface area (Å²) in [5.74, 6) is 6.92. The Balaban J connectivity index is 2.05. The van der Waals surface area contributed by atoms with Crippen molar-refractivity contribution < 1.29 is 9.84 Å². The zero-order chi connectivity index (χ0) is 13.0. The Kier molecular flexibility index (Phi) is 3.83. The van der Waals surface area contributed by atoms with Gasteiger partial charge in [0.15, 0.2) is 11.6 Å². The number of nitrogens with zero attached hydrogens (tertiary/aromatic N) is 2. The Morgan fingerprint density at radius 1 is 1.44 bits per heavy atom. The van der Waals surface area contributed by atoms with Crippen LogP contribution in [0.4, 0.5) is 11.6 Å². The molecule has 1 saturated carbocycles. The smallest absolute Gasteiger partial charge is 0.205 e. The lowest BCUT2D eigenvalue weighted by Gasteiger charge is -2.17. The monoisotopic (exact) mass is 253 g/mol. The minimum absolute atomic E-state index is 0.209. The molecule has 7 nitrogen and oxygen atoms in total. The van der Waals surface area contributed by atoms with Crippen LogP contribution in [0.25, 0.3) is 0 Å². The Morgan fingerprint density at radius 2 is 2.17 bits per heavy atom. The molecule has 1 aliphatic rings. The van der Waals surface area contributed by atoms with Crippen LogP contribution in [0.2, 0.25) is 0 Å². The molecule has 1 heterocycles. The Morgan fingerprint density at radius 3 is 2.72 bits per heavy atom. The Labute approximate surface area is 106 Å². The van der Waals surface area contributed by atoms with Crippen molar-refractivity contribution in [3.8, 4) is 5.75 Å². The fourth-order valence-electron chi connectivity index (χ4n) is 2.00. The molecule has 0 saturated heterocycles. The third-order valence-electron chi connectivity index (χ3n) is 3.37. The zero-order valence-electron chi connectivity index (χ0n) is 10.4. The lowest BCUT2D eigenvalue weighted by molar-refractivity contribution is 0.253. The van der Waals surface area contributed by atoms with E-state index in [1.165, 1.54) is 6.33 Å². The summed E-state index contributed by atoms with van der Waals surface area (Å²) in [6, 6.07) is 0. The number of anilines is 2. The molecule has 0 aliphatic heterocycles. The first-order valence-electron chi connectivity index (χ1n) is 5.95. The van der Waals surface area contributed by atoms with Gasteiger partial charge in [0, 0.05) is 13.2 Å². The van der Waals surface area contributed by atoms with Gasteiger partial charge < -0.3 is 20.6 Å². The van der Waals surface area contributed by atoms with Crippen LogP contribution in [-0.4, -0.2) is 35.3 Å². The summed E-state index contributed by atoms with van der Waals surface area (Å²) >= 11 is 0. The summed E-state index contributed by atoms with van der Waals surface area (Å²) in [5, 5.41) is 12.3. The fourth-order valence-corrected chi connectivity index (χ4v) is 2.00. The van der Waals surface area contributed by atoms with E-state index in [4.69, 9.17) is 15.7 Å². The lowest BCUT2D eigenvalue weighted by atomic mass is 10.0. The molecule has 18 heavy (non-hydrogen) atoms. The van der Waals surface area contributed by atoms with Crippen molar-refractivity contribution in [2.24, 2.45) is 11.3 Å². The number of nitrogens with one attached hydrogen (secondary N) is 2. The van der Waals surface area contributed by atoms with Crippen molar-refractivity contribution >= 4 is 11.6 Å². The van der Waals surface area contributed by atoms with Gasteiger partial charge >= 0.3 is 0 Å². The molecule has 0 radical (unpaired) electrons. The summed E-state index contributed by atoms with van der Waals surface area (Å²) in [4.78, 5) is 8.12. The number of hydrogen-bond donors (Lipinski definition) is 4. The van der Waals surface area contributed by atoms with Gasteiger partial charge in [-0.2, -0.15) is 0 Å². The van der Waals surface area contributed by atoms with Crippen molar-refractivity contribution in [2.75, 3.05) is 31.0 Å². The SMILES string of the molecule is COc1c(NN)ncnc1NCC1(CCO)CC1. The summed E-state index contributed by atoms with van der Waals surface area (Å²) < 4.78 is 5.23. The van der Waals surface area contributed by atoms with E-state index >= 15 is 0 Å². The first-order chi connectivity index (χ1) is 8.74. The summed E-state index contributed by atoms with van der Waals surface area (Å²) in [6.07, 6.45) is 4.51. The van der Waals surface area contributed by atoms with Gasteiger partial charge in [-0.3, -0.25) is 0 Å². The van der Waals surface area contributed by atoms with Gasteiger partial charge in [-0.15, -0.1) is 0 Å².